The Morgan fingerprint density at radius 2 is 1.69 bits per heavy atom. The summed E-state index contributed by atoms with van der Waals surface area (Å²) in [6, 6.07) is 18.8. The Labute approximate surface area is 170 Å². The van der Waals surface area contributed by atoms with E-state index in [0.29, 0.717) is 24.4 Å². The fourth-order valence-corrected chi connectivity index (χ4v) is 3.56. The van der Waals surface area contributed by atoms with E-state index in [9.17, 15) is 14.4 Å². The molecule has 0 bridgehead atoms. The predicted molar refractivity (Wildman–Crippen MR) is 110 cm³/mol. The first-order chi connectivity index (χ1) is 14.0. The molecule has 0 fully saturated rings. The van der Waals surface area contributed by atoms with Crippen molar-refractivity contribution in [2.24, 2.45) is 5.92 Å². The van der Waals surface area contributed by atoms with Gasteiger partial charge in [0.25, 0.3) is 0 Å². The third kappa shape index (κ3) is 4.54. The summed E-state index contributed by atoms with van der Waals surface area (Å²) >= 11 is 0. The zero-order valence-electron chi connectivity index (χ0n) is 16.6. The molecule has 1 aliphatic heterocycles. The van der Waals surface area contributed by atoms with E-state index in [1.807, 2.05) is 48.5 Å². The highest BCUT2D eigenvalue weighted by Crippen LogP contribution is 2.33. The third-order valence-corrected chi connectivity index (χ3v) is 4.99. The zero-order valence-corrected chi connectivity index (χ0v) is 16.6. The van der Waals surface area contributed by atoms with Crippen molar-refractivity contribution in [1.82, 2.24) is 5.32 Å². The number of amides is 2. The van der Waals surface area contributed by atoms with Gasteiger partial charge in [0, 0.05) is 24.4 Å². The fourth-order valence-electron chi connectivity index (χ4n) is 3.56. The second kappa shape index (κ2) is 9.19. The van der Waals surface area contributed by atoms with E-state index >= 15 is 0 Å². The second-order valence-electron chi connectivity index (χ2n) is 6.84. The van der Waals surface area contributed by atoms with Crippen LogP contribution in [-0.4, -0.2) is 31.4 Å². The Kier molecular flexibility index (Phi) is 6.44. The molecule has 2 amide bonds. The van der Waals surface area contributed by atoms with Gasteiger partial charge >= 0.3 is 5.97 Å². The summed E-state index contributed by atoms with van der Waals surface area (Å²) in [5.74, 6) is -2.05. The lowest BCUT2D eigenvalue weighted by molar-refractivity contribution is -0.139. The average Bonchev–Trinajstić information content (AvgIpc) is 2.74. The molecule has 1 unspecified atom stereocenters. The number of hydrogen-bond acceptors (Lipinski definition) is 4. The molecule has 6 nitrogen and oxygen atoms in total. The smallest absolute Gasteiger partial charge is 0.336 e. The summed E-state index contributed by atoms with van der Waals surface area (Å²) in [7, 11) is 1.27. The van der Waals surface area contributed by atoms with Crippen LogP contribution in [-0.2, 0) is 25.5 Å². The van der Waals surface area contributed by atoms with E-state index in [-0.39, 0.29) is 23.8 Å². The number of carbonyl (C=O) groups excluding carboxylic acids is 3. The third-order valence-electron chi connectivity index (χ3n) is 4.99. The second-order valence-corrected chi connectivity index (χ2v) is 6.84. The van der Waals surface area contributed by atoms with Crippen molar-refractivity contribution in [3.05, 3.63) is 77.5 Å². The number of hydrogen-bond donors (Lipinski definition) is 1. The number of allylic oxidation sites excluding steroid dienone is 1. The first kappa shape index (κ1) is 20.3. The van der Waals surface area contributed by atoms with E-state index in [1.54, 1.807) is 19.1 Å². The van der Waals surface area contributed by atoms with Gasteiger partial charge in [0.15, 0.2) is 0 Å². The van der Waals surface area contributed by atoms with Gasteiger partial charge in [-0.15, -0.1) is 0 Å². The minimum atomic E-state index is -0.870. The lowest BCUT2D eigenvalue weighted by Crippen LogP contribution is -2.45. The predicted octanol–water partition coefficient (Wildman–Crippen LogP) is 2.85. The summed E-state index contributed by atoms with van der Waals surface area (Å²) in [6.45, 7) is 2.09. The number of rotatable bonds is 6. The van der Waals surface area contributed by atoms with E-state index in [4.69, 9.17) is 4.74 Å². The van der Waals surface area contributed by atoms with Crippen LogP contribution in [0.25, 0.3) is 0 Å². The molecule has 1 N–H and O–H groups in total. The first-order valence-electron chi connectivity index (χ1n) is 9.51. The maximum atomic E-state index is 12.8. The van der Waals surface area contributed by atoms with Crippen LogP contribution in [0, 0.1) is 5.92 Å². The highest BCUT2D eigenvalue weighted by molar-refractivity contribution is 6.08. The van der Waals surface area contributed by atoms with Crippen molar-refractivity contribution in [3.8, 4) is 0 Å². The molecule has 6 heteroatoms. The van der Waals surface area contributed by atoms with Crippen molar-refractivity contribution in [1.29, 1.82) is 0 Å². The number of nitrogens with zero attached hydrogens (tertiary/aromatic N) is 1. The number of benzene rings is 2. The van der Waals surface area contributed by atoms with Gasteiger partial charge < -0.3 is 10.1 Å². The normalized spacial score (nSPS) is 16.6. The number of para-hydroxylation sites is 1. The number of methoxy groups -OCH3 is 1. The quantitative estimate of drug-likeness (QED) is 0.767. The van der Waals surface area contributed by atoms with Crippen LogP contribution < -0.4 is 10.2 Å². The molecule has 29 heavy (non-hydrogen) atoms. The van der Waals surface area contributed by atoms with Crippen LogP contribution in [0.3, 0.4) is 0 Å². The monoisotopic (exact) mass is 392 g/mol. The van der Waals surface area contributed by atoms with Gasteiger partial charge in [0.05, 0.1) is 18.6 Å². The number of anilines is 1. The zero-order chi connectivity index (χ0) is 20.8. The molecular weight excluding hydrogens is 368 g/mol. The van der Waals surface area contributed by atoms with Gasteiger partial charge in [-0.3, -0.25) is 14.5 Å². The Bertz CT molecular complexity index is 922. The van der Waals surface area contributed by atoms with E-state index in [1.165, 1.54) is 12.0 Å². The molecule has 2 aromatic carbocycles. The molecule has 3 rings (SSSR count). The molecular formula is C23H24N2O4. The number of nitrogens with one attached hydrogen (secondary N) is 1. The highest BCUT2D eigenvalue weighted by Gasteiger charge is 2.40. The molecule has 0 radical (unpaired) electrons. The van der Waals surface area contributed by atoms with Crippen LogP contribution in [0.15, 0.2) is 71.9 Å². The molecule has 1 aliphatic rings. The Hall–Kier alpha value is -3.41. The number of ether oxygens (including phenoxy) is 1. The van der Waals surface area contributed by atoms with E-state index in [2.05, 4.69) is 5.32 Å². The average molecular weight is 392 g/mol. The standard InChI is InChI=1S/C23H24N2O4/c1-16-21(23(28)29-2)19(15-20(26)25(16)18-11-7-4-8-12-18)22(27)24-14-13-17-9-5-3-6-10-17/h3-12,19H,13-15H2,1-2H3,(H,24,27). The molecule has 0 spiro atoms. The molecule has 0 aromatic heterocycles. The van der Waals surface area contributed by atoms with E-state index in [0.717, 1.165) is 5.56 Å². The summed E-state index contributed by atoms with van der Waals surface area (Å²) < 4.78 is 4.92. The van der Waals surface area contributed by atoms with Crippen LogP contribution in [0.1, 0.15) is 18.9 Å². The van der Waals surface area contributed by atoms with Gasteiger partial charge in [0.2, 0.25) is 11.8 Å². The molecule has 0 aliphatic carbocycles. The Balaban J connectivity index is 1.82. The largest absolute Gasteiger partial charge is 0.466 e. The molecule has 1 heterocycles. The topological polar surface area (TPSA) is 75.7 Å². The van der Waals surface area contributed by atoms with Gasteiger partial charge in [-0.25, -0.2) is 4.79 Å². The molecule has 0 saturated heterocycles. The maximum Gasteiger partial charge on any atom is 0.336 e. The van der Waals surface area contributed by atoms with Gasteiger partial charge in [-0.05, 0) is 31.0 Å². The lowest BCUT2D eigenvalue weighted by atomic mass is 9.88. The van der Waals surface area contributed by atoms with Crippen LogP contribution in [0.4, 0.5) is 5.69 Å². The number of esters is 1. The Morgan fingerprint density at radius 3 is 2.31 bits per heavy atom. The van der Waals surface area contributed by atoms with Gasteiger partial charge in [0.1, 0.15) is 0 Å². The molecule has 150 valence electrons. The van der Waals surface area contributed by atoms with Crippen LogP contribution >= 0.6 is 0 Å². The maximum absolute atomic E-state index is 12.8. The number of carbonyl (C=O) groups is 3. The highest BCUT2D eigenvalue weighted by atomic mass is 16.5. The van der Waals surface area contributed by atoms with Gasteiger partial charge in [-0.1, -0.05) is 48.5 Å². The van der Waals surface area contributed by atoms with Crippen LogP contribution in [0.5, 0.6) is 0 Å². The van der Waals surface area contributed by atoms with Crippen molar-refractivity contribution < 1.29 is 19.1 Å². The summed E-state index contributed by atoms with van der Waals surface area (Å²) in [6.07, 6.45) is 0.577. The van der Waals surface area contributed by atoms with Crippen LogP contribution in [0.2, 0.25) is 0 Å². The van der Waals surface area contributed by atoms with E-state index < -0.39 is 11.9 Å². The molecule has 1 atom stereocenters. The minimum absolute atomic E-state index is 0.0894. The summed E-state index contributed by atoms with van der Waals surface area (Å²) in [5, 5.41) is 2.85. The Morgan fingerprint density at radius 1 is 1.07 bits per heavy atom. The SMILES string of the molecule is COC(=O)C1=C(C)N(c2ccccc2)C(=O)CC1C(=O)NCCc1ccccc1. The first-order valence-corrected chi connectivity index (χ1v) is 9.51. The van der Waals surface area contributed by atoms with Gasteiger partial charge in [-0.2, -0.15) is 0 Å². The van der Waals surface area contributed by atoms with Crippen molar-refractivity contribution in [3.63, 3.8) is 0 Å². The molecule has 0 saturated carbocycles. The lowest BCUT2D eigenvalue weighted by Gasteiger charge is -2.33. The van der Waals surface area contributed by atoms with Crippen molar-refractivity contribution >= 4 is 23.5 Å². The minimum Gasteiger partial charge on any atom is -0.466 e. The summed E-state index contributed by atoms with van der Waals surface area (Å²) in [5.41, 5.74) is 2.39. The van der Waals surface area contributed by atoms with Crippen molar-refractivity contribution in [2.75, 3.05) is 18.6 Å². The fraction of sp³-hybridized carbons (Fsp3) is 0.261. The molecule has 2 aromatic rings. The van der Waals surface area contributed by atoms with Crippen molar-refractivity contribution in [2.45, 2.75) is 19.8 Å². The summed E-state index contributed by atoms with van der Waals surface area (Å²) in [4.78, 5) is 39.6.